The number of hydrogen-bond donors (Lipinski definition) is 3. The lowest BCUT2D eigenvalue weighted by atomic mass is 9.85. The van der Waals surface area contributed by atoms with Crippen molar-refractivity contribution in [2.45, 2.75) is 96.2 Å². The second-order valence-electron chi connectivity index (χ2n) is 11.6. The quantitative estimate of drug-likeness (QED) is 0.0887. The summed E-state index contributed by atoms with van der Waals surface area (Å²) >= 11 is 0. The van der Waals surface area contributed by atoms with E-state index in [1.165, 1.54) is 5.56 Å². The summed E-state index contributed by atoms with van der Waals surface area (Å²) in [4.78, 5) is 17.1. The number of aliphatic hydroxyl groups is 3. The molecule has 1 heterocycles. The summed E-state index contributed by atoms with van der Waals surface area (Å²) in [5, 5.41) is 31.7. The fourth-order valence-corrected chi connectivity index (χ4v) is 5.84. The minimum Gasteiger partial charge on any atom is -0.424 e. The van der Waals surface area contributed by atoms with Crippen LogP contribution in [0.2, 0.25) is 0 Å². The lowest BCUT2D eigenvalue weighted by molar-refractivity contribution is -0.134. The number of aryl methyl sites for hydroxylation is 2. The van der Waals surface area contributed by atoms with E-state index in [1.807, 2.05) is 30.4 Å². The van der Waals surface area contributed by atoms with E-state index < -0.39 is 18.3 Å². The van der Waals surface area contributed by atoms with Crippen LogP contribution < -0.4 is 4.74 Å². The second kappa shape index (κ2) is 19.8. The molecule has 8 nitrogen and oxygen atoms in total. The number of carbonyl (C=O) groups is 1. The molecule has 0 unspecified atom stereocenters. The van der Waals surface area contributed by atoms with Gasteiger partial charge in [0.15, 0.2) is 5.75 Å². The summed E-state index contributed by atoms with van der Waals surface area (Å²) in [6.45, 7) is 2.35. The minimum atomic E-state index is -0.575. The van der Waals surface area contributed by atoms with Gasteiger partial charge in [0, 0.05) is 23.7 Å². The molecule has 0 bridgehead atoms. The summed E-state index contributed by atoms with van der Waals surface area (Å²) in [6, 6.07) is 10.1. The van der Waals surface area contributed by atoms with Crippen molar-refractivity contribution in [2.24, 2.45) is 11.8 Å². The van der Waals surface area contributed by atoms with E-state index in [9.17, 15) is 20.1 Å². The van der Waals surface area contributed by atoms with E-state index >= 15 is 0 Å². The molecule has 5 atom stereocenters. The topological polar surface area (TPSA) is 118 Å². The van der Waals surface area contributed by atoms with Crippen LogP contribution in [-0.4, -0.2) is 57.8 Å². The monoisotopic (exact) mass is 617 g/mol. The highest BCUT2D eigenvalue weighted by Gasteiger charge is 2.40. The average molecular weight is 618 g/mol. The first-order chi connectivity index (χ1) is 21.8. The molecular weight excluding hydrogens is 570 g/mol. The summed E-state index contributed by atoms with van der Waals surface area (Å²) in [5.41, 5.74) is 3.11. The molecule has 0 aliphatic heterocycles. The number of hydrogen-bond acceptors (Lipinski definition) is 8. The van der Waals surface area contributed by atoms with E-state index in [0.29, 0.717) is 67.5 Å². The van der Waals surface area contributed by atoms with Gasteiger partial charge in [0.2, 0.25) is 0 Å². The molecular formula is C37H47NO7. The number of rotatable bonds is 19. The summed E-state index contributed by atoms with van der Waals surface area (Å²) < 4.78 is 16.7. The van der Waals surface area contributed by atoms with E-state index in [0.717, 1.165) is 6.42 Å². The standard InChI is InChI=1S/C37H47NO7/c1-4-21-43-25-29-24-38-27(3)37(33(29)26-44-22-5-2)45-36(42)16-12-7-6-11-15-31-32(35(41)23-34(31)40)20-19-30(39)18-17-28-13-9-8-10-14-28/h1-2,6,8-11,13-14,24,30-32,34-35,39-41H,7,12,15-23,25-26H2,3H3/b11-6-/t30-,31+,32+,34-,35+/m0/s1. The van der Waals surface area contributed by atoms with Gasteiger partial charge in [0.05, 0.1) is 37.2 Å². The van der Waals surface area contributed by atoms with Gasteiger partial charge < -0.3 is 29.5 Å². The molecule has 1 aromatic carbocycles. The first-order valence-corrected chi connectivity index (χ1v) is 15.8. The van der Waals surface area contributed by atoms with Crippen molar-refractivity contribution in [1.29, 1.82) is 0 Å². The minimum absolute atomic E-state index is 0.0607. The van der Waals surface area contributed by atoms with Crippen molar-refractivity contribution in [1.82, 2.24) is 4.98 Å². The lowest BCUT2D eigenvalue weighted by Crippen LogP contribution is -2.23. The third-order valence-corrected chi connectivity index (χ3v) is 8.29. The number of benzene rings is 1. The summed E-state index contributed by atoms with van der Waals surface area (Å²) in [6.07, 6.45) is 19.9. The summed E-state index contributed by atoms with van der Waals surface area (Å²) in [7, 11) is 0. The predicted molar refractivity (Wildman–Crippen MR) is 173 cm³/mol. The number of aromatic nitrogens is 1. The maximum atomic E-state index is 12.8. The van der Waals surface area contributed by atoms with Crippen LogP contribution in [0.15, 0.2) is 48.7 Å². The number of allylic oxidation sites excluding steroid dienone is 2. The fourth-order valence-electron chi connectivity index (χ4n) is 5.84. The number of ether oxygens (including phenoxy) is 3. The van der Waals surface area contributed by atoms with Gasteiger partial charge in [-0.05, 0) is 75.7 Å². The molecule has 8 heteroatoms. The van der Waals surface area contributed by atoms with Crippen LogP contribution in [-0.2, 0) is 33.9 Å². The van der Waals surface area contributed by atoms with Gasteiger partial charge >= 0.3 is 5.97 Å². The van der Waals surface area contributed by atoms with Gasteiger partial charge in [-0.25, -0.2) is 0 Å². The highest BCUT2D eigenvalue weighted by molar-refractivity contribution is 5.73. The number of pyridine rings is 1. The number of esters is 1. The number of terminal acetylenes is 2. The molecule has 0 amide bonds. The molecule has 1 aromatic heterocycles. The molecule has 1 saturated carbocycles. The molecule has 1 aliphatic rings. The first-order valence-electron chi connectivity index (χ1n) is 15.8. The number of aliphatic hydroxyl groups excluding tert-OH is 3. The Balaban J connectivity index is 1.45. The highest BCUT2D eigenvalue weighted by atomic mass is 16.5. The SMILES string of the molecule is C#CCOCc1cnc(C)c(OC(=O)CCC/C=C\C[C@@H]2[C@@H](CC[C@@H](O)CCc3ccccc3)[C@H](O)C[C@@H]2O)c1COCC#C. The van der Waals surface area contributed by atoms with Gasteiger partial charge in [-0.1, -0.05) is 54.3 Å². The second-order valence-corrected chi connectivity index (χ2v) is 11.6. The molecule has 0 spiro atoms. The zero-order valence-corrected chi connectivity index (χ0v) is 26.3. The Kier molecular flexibility index (Phi) is 15.8. The molecule has 45 heavy (non-hydrogen) atoms. The number of unbranched alkanes of at least 4 members (excludes halogenated alkanes) is 1. The maximum Gasteiger partial charge on any atom is 0.311 e. The molecule has 0 radical (unpaired) electrons. The van der Waals surface area contributed by atoms with Crippen LogP contribution in [0.4, 0.5) is 0 Å². The Morgan fingerprint density at radius 1 is 1.04 bits per heavy atom. The molecule has 0 saturated heterocycles. The van der Waals surface area contributed by atoms with Crippen LogP contribution in [0.25, 0.3) is 0 Å². The Hall–Kier alpha value is -3.50. The third kappa shape index (κ3) is 12.1. The largest absolute Gasteiger partial charge is 0.424 e. The van der Waals surface area contributed by atoms with E-state index in [4.69, 9.17) is 27.1 Å². The van der Waals surface area contributed by atoms with Crippen molar-refractivity contribution >= 4 is 5.97 Å². The fraction of sp³-hybridized carbons (Fsp3) is 0.514. The Morgan fingerprint density at radius 2 is 1.76 bits per heavy atom. The zero-order chi connectivity index (χ0) is 32.4. The lowest BCUT2D eigenvalue weighted by Gasteiger charge is -2.23. The summed E-state index contributed by atoms with van der Waals surface area (Å²) in [5.74, 6) is 4.69. The molecule has 1 fully saturated rings. The van der Waals surface area contributed by atoms with Crippen molar-refractivity contribution < 1.29 is 34.3 Å². The average Bonchev–Trinajstić information content (AvgIpc) is 3.30. The van der Waals surface area contributed by atoms with Gasteiger partial charge in [-0.15, -0.1) is 12.8 Å². The van der Waals surface area contributed by atoms with E-state index in [1.54, 1.807) is 13.1 Å². The molecule has 3 N–H and O–H groups in total. The van der Waals surface area contributed by atoms with Crippen molar-refractivity contribution in [3.8, 4) is 30.4 Å². The number of carbonyl (C=O) groups excluding carboxylic acids is 1. The van der Waals surface area contributed by atoms with Gasteiger partial charge in [0.25, 0.3) is 0 Å². The molecule has 242 valence electrons. The van der Waals surface area contributed by atoms with Gasteiger partial charge in [-0.2, -0.15) is 0 Å². The van der Waals surface area contributed by atoms with Crippen molar-refractivity contribution in [3.63, 3.8) is 0 Å². The predicted octanol–water partition coefficient (Wildman–Crippen LogP) is 4.84. The van der Waals surface area contributed by atoms with Gasteiger partial charge in [-0.3, -0.25) is 9.78 Å². The first kappa shape index (κ1) is 36.0. The molecule has 3 rings (SSSR count). The Morgan fingerprint density at radius 3 is 2.49 bits per heavy atom. The van der Waals surface area contributed by atoms with Crippen LogP contribution >= 0.6 is 0 Å². The van der Waals surface area contributed by atoms with Crippen LogP contribution in [0.3, 0.4) is 0 Å². The van der Waals surface area contributed by atoms with E-state index in [-0.39, 0.29) is 50.7 Å². The third-order valence-electron chi connectivity index (χ3n) is 8.29. The highest BCUT2D eigenvalue weighted by Crippen LogP contribution is 2.38. The molecule has 1 aliphatic carbocycles. The van der Waals surface area contributed by atoms with Crippen LogP contribution in [0.1, 0.15) is 73.8 Å². The zero-order valence-electron chi connectivity index (χ0n) is 26.3. The van der Waals surface area contributed by atoms with Crippen LogP contribution in [0, 0.1) is 43.4 Å². The smallest absolute Gasteiger partial charge is 0.311 e. The van der Waals surface area contributed by atoms with Gasteiger partial charge in [0.1, 0.15) is 13.2 Å². The van der Waals surface area contributed by atoms with E-state index in [2.05, 4.69) is 29.0 Å². The Labute approximate surface area is 267 Å². The Bertz CT molecular complexity index is 1300. The normalized spacial score (nSPS) is 20.1. The van der Waals surface area contributed by atoms with Crippen molar-refractivity contribution in [3.05, 3.63) is 71.1 Å². The maximum absolute atomic E-state index is 12.8. The molecule has 2 aromatic rings. The number of nitrogens with zero attached hydrogens (tertiary/aromatic N) is 1. The van der Waals surface area contributed by atoms with Crippen molar-refractivity contribution in [2.75, 3.05) is 13.2 Å². The van der Waals surface area contributed by atoms with Crippen LogP contribution in [0.5, 0.6) is 5.75 Å².